The van der Waals surface area contributed by atoms with E-state index in [2.05, 4.69) is 20.9 Å². The Kier molecular flexibility index (Phi) is 7.28. The van der Waals surface area contributed by atoms with E-state index in [-0.39, 0.29) is 11.8 Å². The SMILES string of the molecule is CNc1ccc(Cl)cc1C(=O)NC(CC1CCCCC1)C(=O)Nc1nccs1. The molecule has 0 bridgehead atoms. The normalized spacial score (nSPS) is 15.6. The van der Waals surface area contributed by atoms with Crippen LogP contribution in [0.1, 0.15) is 48.9 Å². The smallest absolute Gasteiger partial charge is 0.254 e. The molecule has 2 amide bonds. The summed E-state index contributed by atoms with van der Waals surface area (Å²) < 4.78 is 0. The molecule has 0 spiro atoms. The van der Waals surface area contributed by atoms with E-state index in [4.69, 9.17) is 11.6 Å². The van der Waals surface area contributed by atoms with Gasteiger partial charge < -0.3 is 16.0 Å². The molecule has 1 aliphatic rings. The minimum absolute atomic E-state index is 0.234. The minimum atomic E-state index is -0.622. The van der Waals surface area contributed by atoms with Crippen molar-refractivity contribution in [2.75, 3.05) is 17.7 Å². The van der Waals surface area contributed by atoms with Gasteiger partial charge in [-0.2, -0.15) is 0 Å². The molecular weight excluding hydrogens is 396 g/mol. The summed E-state index contributed by atoms with van der Waals surface area (Å²) in [6, 6.07) is 4.46. The Morgan fingerprint density at radius 1 is 1.29 bits per heavy atom. The molecule has 1 heterocycles. The number of amides is 2. The Bertz CT molecular complexity index is 807. The van der Waals surface area contributed by atoms with Gasteiger partial charge in [0.2, 0.25) is 5.91 Å². The quantitative estimate of drug-likeness (QED) is 0.613. The third kappa shape index (κ3) is 5.45. The van der Waals surface area contributed by atoms with Crippen LogP contribution in [-0.2, 0) is 4.79 Å². The molecule has 0 saturated heterocycles. The second-order valence-corrected chi connectivity index (χ2v) is 8.36. The molecule has 150 valence electrons. The van der Waals surface area contributed by atoms with Crippen LogP contribution in [0, 0.1) is 5.92 Å². The number of hydrogen-bond donors (Lipinski definition) is 3. The lowest BCUT2D eigenvalue weighted by Gasteiger charge is -2.26. The Morgan fingerprint density at radius 3 is 2.75 bits per heavy atom. The van der Waals surface area contributed by atoms with Crippen molar-refractivity contribution in [3.63, 3.8) is 0 Å². The second-order valence-electron chi connectivity index (χ2n) is 7.03. The molecule has 1 aliphatic carbocycles. The van der Waals surface area contributed by atoms with Gasteiger partial charge >= 0.3 is 0 Å². The van der Waals surface area contributed by atoms with Gasteiger partial charge in [-0.3, -0.25) is 9.59 Å². The first-order chi connectivity index (χ1) is 13.6. The summed E-state index contributed by atoms with van der Waals surface area (Å²) in [6.45, 7) is 0. The Labute approximate surface area is 174 Å². The van der Waals surface area contributed by atoms with Crippen LogP contribution >= 0.6 is 22.9 Å². The van der Waals surface area contributed by atoms with Gasteiger partial charge in [0, 0.05) is 29.3 Å². The first-order valence-electron chi connectivity index (χ1n) is 9.55. The maximum absolute atomic E-state index is 12.9. The van der Waals surface area contributed by atoms with Crippen LogP contribution in [0.3, 0.4) is 0 Å². The highest BCUT2D eigenvalue weighted by Gasteiger charge is 2.27. The third-order valence-corrected chi connectivity index (χ3v) is 6.00. The standard InChI is InChI=1S/C20H25ClN4O2S/c1-22-16-8-7-14(21)12-15(16)18(26)24-17(11-13-5-3-2-4-6-13)19(27)25-20-23-9-10-28-20/h7-10,12-13,17,22H,2-6,11H2,1H3,(H,24,26)(H,23,25,27). The number of nitrogens with zero attached hydrogens (tertiary/aromatic N) is 1. The van der Waals surface area contributed by atoms with Crippen LogP contribution in [-0.4, -0.2) is 29.9 Å². The van der Waals surface area contributed by atoms with Crippen molar-refractivity contribution in [2.45, 2.75) is 44.6 Å². The lowest BCUT2D eigenvalue weighted by atomic mass is 9.84. The monoisotopic (exact) mass is 420 g/mol. The van der Waals surface area contributed by atoms with Gasteiger partial charge in [-0.1, -0.05) is 43.7 Å². The minimum Gasteiger partial charge on any atom is -0.387 e. The van der Waals surface area contributed by atoms with Gasteiger partial charge in [0.25, 0.3) is 5.91 Å². The number of nitrogens with one attached hydrogen (secondary N) is 3. The van der Waals surface area contributed by atoms with Crippen molar-refractivity contribution in [1.82, 2.24) is 10.3 Å². The Hall–Kier alpha value is -2.12. The summed E-state index contributed by atoms with van der Waals surface area (Å²) in [5, 5.41) is 11.5. The number of halogens is 1. The molecule has 28 heavy (non-hydrogen) atoms. The number of carbonyl (C=O) groups is 2. The largest absolute Gasteiger partial charge is 0.387 e. The first kappa shape index (κ1) is 20.6. The number of thiazole rings is 1. The maximum Gasteiger partial charge on any atom is 0.254 e. The molecule has 3 rings (SSSR count). The molecule has 1 saturated carbocycles. The predicted octanol–water partition coefficient (Wildman–Crippen LogP) is 4.55. The van der Waals surface area contributed by atoms with E-state index < -0.39 is 6.04 Å². The van der Waals surface area contributed by atoms with E-state index in [0.717, 1.165) is 12.8 Å². The van der Waals surface area contributed by atoms with Crippen LogP contribution in [0.15, 0.2) is 29.8 Å². The Morgan fingerprint density at radius 2 is 2.07 bits per heavy atom. The fraction of sp³-hybridized carbons (Fsp3) is 0.450. The molecule has 1 aromatic heterocycles. The molecule has 8 heteroatoms. The lowest BCUT2D eigenvalue weighted by molar-refractivity contribution is -0.118. The van der Waals surface area contributed by atoms with Crippen molar-refractivity contribution in [1.29, 1.82) is 0 Å². The summed E-state index contributed by atoms with van der Waals surface area (Å²) in [4.78, 5) is 29.9. The zero-order valence-electron chi connectivity index (χ0n) is 15.8. The summed E-state index contributed by atoms with van der Waals surface area (Å²) in [5.41, 5.74) is 1.09. The molecule has 1 atom stereocenters. The summed E-state index contributed by atoms with van der Waals surface area (Å²) in [6.07, 6.45) is 8.05. The van der Waals surface area contributed by atoms with Gasteiger partial charge in [-0.25, -0.2) is 4.98 Å². The topological polar surface area (TPSA) is 83.1 Å². The highest BCUT2D eigenvalue weighted by molar-refractivity contribution is 7.13. The van der Waals surface area contributed by atoms with Crippen LogP contribution in [0.25, 0.3) is 0 Å². The van der Waals surface area contributed by atoms with E-state index >= 15 is 0 Å². The van der Waals surface area contributed by atoms with Crippen LogP contribution in [0.5, 0.6) is 0 Å². The van der Waals surface area contributed by atoms with Gasteiger partial charge in [0.1, 0.15) is 6.04 Å². The molecule has 3 N–H and O–H groups in total. The van der Waals surface area contributed by atoms with E-state index in [0.29, 0.717) is 33.7 Å². The van der Waals surface area contributed by atoms with E-state index in [1.165, 1.54) is 30.6 Å². The summed E-state index contributed by atoms with van der Waals surface area (Å²) >= 11 is 7.43. The third-order valence-electron chi connectivity index (χ3n) is 5.07. The average molecular weight is 421 g/mol. The summed E-state index contributed by atoms with van der Waals surface area (Å²) in [5.74, 6) is -0.118. The van der Waals surface area contributed by atoms with Crippen molar-refractivity contribution in [3.05, 3.63) is 40.4 Å². The van der Waals surface area contributed by atoms with Crippen LogP contribution in [0.4, 0.5) is 10.8 Å². The number of hydrogen-bond acceptors (Lipinski definition) is 5. The van der Waals surface area contributed by atoms with Crippen molar-refractivity contribution in [2.24, 2.45) is 5.92 Å². The van der Waals surface area contributed by atoms with Gasteiger partial charge in [0.15, 0.2) is 5.13 Å². The summed E-state index contributed by atoms with van der Waals surface area (Å²) in [7, 11) is 1.74. The number of rotatable bonds is 7. The number of benzene rings is 1. The lowest BCUT2D eigenvalue weighted by Crippen LogP contribution is -2.45. The van der Waals surface area contributed by atoms with Gasteiger partial charge in [-0.15, -0.1) is 11.3 Å². The number of anilines is 2. The van der Waals surface area contributed by atoms with E-state index in [1.54, 1.807) is 36.8 Å². The average Bonchev–Trinajstić information content (AvgIpc) is 3.21. The Balaban J connectivity index is 1.76. The van der Waals surface area contributed by atoms with Crippen LogP contribution in [0.2, 0.25) is 5.02 Å². The van der Waals surface area contributed by atoms with Crippen molar-refractivity contribution in [3.8, 4) is 0 Å². The van der Waals surface area contributed by atoms with Gasteiger partial charge in [-0.05, 0) is 30.5 Å². The van der Waals surface area contributed by atoms with E-state index in [1.807, 2.05) is 0 Å². The molecule has 0 radical (unpaired) electrons. The fourth-order valence-corrected chi connectivity index (χ4v) is 4.33. The molecule has 1 fully saturated rings. The zero-order valence-corrected chi connectivity index (χ0v) is 17.4. The predicted molar refractivity (Wildman–Crippen MR) is 114 cm³/mol. The van der Waals surface area contributed by atoms with Crippen LogP contribution < -0.4 is 16.0 Å². The first-order valence-corrected chi connectivity index (χ1v) is 10.8. The van der Waals surface area contributed by atoms with Crippen molar-refractivity contribution < 1.29 is 9.59 Å². The second kappa shape index (κ2) is 9.89. The fourth-order valence-electron chi connectivity index (χ4n) is 3.62. The highest BCUT2D eigenvalue weighted by Crippen LogP contribution is 2.28. The van der Waals surface area contributed by atoms with Gasteiger partial charge in [0.05, 0.1) is 5.56 Å². The molecular formula is C20H25ClN4O2S. The highest BCUT2D eigenvalue weighted by atomic mass is 35.5. The number of aromatic nitrogens is 1. The van der Waals surface area contributed by atoms with E-state index in [9.17, 15) is 9.59 Å². The molecule has 1 unspecified atom stereocenters. The molecule has 6 nitrogen and oxygen atoms in total. The maximum atomic E-state index is 12.9. The van der Waals surface area contributed by atoms with Crippen molar-refractivity contribution >= 4 is 45.6 Å². The number of carbonyl (C=O) groups excluding carboxylic acids is 2. The zero-order chi connectivity index (χ0) is 19.9. The molecule has 0 aliphatic heterocycles. The molecule has 1 aromatic carbocycles. The molecule has 2 aromatic rings.